The molecule has 5 aliphatic carbocycles. The highest BCUT2D eigenvalue weighted by atomic mass is 32.2. The van der Waals surface area contributed by atoms with E-state index in [0.717, 1.165) is 55.4 Å². The summed E-state index contributed by atoms with van der Waals surface area (Å²) in [7, 11) is -5.29. The summed E-state index contributed by atoms with van der Waals surface area (Å²) in [6.07, 6.45) is -1.33. The van der Waals surface area contributed by atoms with Crippen LogP contribution >= 0.6 is 0 Å². The minimum absolute atomic E-state index is 0.00100. The molecule has 8 aliphatic rings. The Morgan fingerprint density at radius 3 is 1.43 bits per heavy atom. The quantitative estimate of drug-likeness (QED) is 0.0156. The Hall–Kier alpha value is -8.85. The molecule has 6 aromatic rings. The zero-order chi connectivity index (χ0) is 89.9. The largest absolute Gasteiger partial charge is 0.748 e. The molecule has 14 rings (SSSR count). The van der Waals surface area contributed by atoms with Crippen molar-refractivity contribution in [3.05, 3.63) is 175 Å². The molecule has 3 heterocycles. The van der Waals surface area contributed by atoms with Crippen molar-refractivity contribution in [1.29, 1.82) is 0 Å². The van der Waals surface area contributed by atoms with Gasteiger partial charge in [0.05, 0.1) is 71.3 Å². The summed E-state index contributed by atoms with van der Waals surface area (Å²) in [4.78, 5) is 89.2. The molecule has 9 atom stereocenters. The fourth-order valence-corrected chi connectivity index (χ4v) is 17.9. The molecule has 0 amide bonds. The van der Waals surface area contributed by atoms with Crippen LogP contribution in [0, 0.1) is 56.1 Å². The number of aromatic hydroxyl groups is 1. The van der Waals surface area contributed by atoms with Gasteiger partial charge < -0.3 is 52.3 Å². The van der Waals surface area contributed by atoms with Crippen LogP contribution in [0.1, 0.15) is 226 Å². The van der Waals surface area contributed by atoms with Gasteiger partial charge in [-0.3, -0.25) is 33.6 Å². The first-order valence-electron chi connectivity index (χ1n) is 41.7. The molecule has 26 heteroatoms. The second-order valence-electron chi connectivity index (χ2n) is 37.0. The van der Waals surface area contributed by atoms with Gasteiger partial charge in [0, 0.05) is 6.42 Å². The third-order valence-corrected chi connectivity index (χ3v) is 27.1. The number of halogens is 4. The molecule has 20 nitrogen and oxygen atoms in total. The maximum atomic E-state index is 13.3. The number of ether oxygens (including phenoxy) is 9. The van der Waals surface area contributed by atoms with Crippen LogP contribution in [-0.4, -0.2) is 114 Å². The van der Waals surface area contributed by atoms with Gasteiger partial charge in [-0.05, 0) is 300 Å². The molecule has 7 fully saturated rings. The Labute approximate surface area is 714 Å². The molecule has 662 valence electrons. The van der Waals surface area contributed by atoms with Gasteiger partial charge in [-0.25, -0.2) is 12.8 Å². The van der Waals surface area contributed by atoms with Gasteiger partial charge in [-0.15, -0.1) is 0 Å². The molecule has 3 aliphatic heterocycles. The summed E-state index contributed by atoms with van der Waals surface area (Å²) >= 11 is 0. The predicted molar refractivity (Wildman–Crippen MR) is 449 cm³/mol. The lowest BCUT2D eigenvalue weighted by molar-refractivity contribution is -0.239. The standard InChI is InChI=1S/C20H29F3O7S.C18H15S.C16H21FO2.C16H24O3.C13H18O5.C12H16O3/c1-4-17(2,3)15(24)30-19-8-12-5-13(9-19)7-18(6-12,11-19)16(25)29-14(20(21,22)23)10-31(26,27)28;1-4-10-16(11-5-1)19(17-12-6-2-7-13-17)18-14-8-3-9-15-18;1-5-15(2,3)14(18)19-16(4)9-8-11-10-12(17)6-7-13(11)16;1-7-16(5,6)14(17)18-12-8-10-13(11-9-12)19-15(2,3)4;1-4-13(2,3)12(15)18-9-7-5-6-8(16-7)10(9)17-11(6)14;1-4-12(2,3)11(14)15-10-7-5-9(13)6-8-10/h12-14H,4-11H2,1-3H3,(H,26,27,28);1-15H;6-7,10H,5,8-9H2,1-4H3;8-11H,7H2,1-6H3;6-10H,4-5H2,1-3H3;5-8,13H,4H2,1-3H3/q;+1;;;;/p-1. The lowest BCUT2D eigenvalue weighted by atomic mass is 9.48. The van der Waals surface area contributed by atoms with Crippen LogP contribution in [0.3, 0.4) is 0 Å². The summed E-state index contributed by atoms with van der Waals surface area (Å²) in [5, 5.41) is 9.06. The minimum atomic E-state index is -5.27. The molecular formula is C95H122F4O20S2. The highest BCUT2D eigenvalue weighted by Crippen LogP contribution is 2.64. The molecule has 3 saturated heterocycles. The minimum Gasteiger partial charge on any atom is -0.748 e. The molecule has 6 bridgehead atoms. The fourth-order valence-electron chi connectivity index (χ4n) is 15.1. The van der Waals surface area contributed by atoms with Gasteiger partial charge in [0.15, 0.2) is 26.9 Å². The SMILES string of the molecule is CCC(C)(C)C(=O)OC1(C)CCc2cc(F)ccc21.CCC(C)(C)C(=O)OC12CC3CC(C1)CC(C(=O)OC(CS(=O)(=O)[O-])C(F)(F)F)(C3)C2.CCC(C)(C)C(=O)OC1C2CC3C(=O)OC1C3O2.CCC(C)(C)C(=O)Oc1ccc(O)cc1.CCC(C)(C)C(=O)Oc1ccc(OC(C)(C)C)cc1.c1ccc([S+](c2ccccc2)c2ccccc2)cc1. The third-order valence-electron chi connectivity index (χ3n) is 24.2. The van der Waals surface area contributed by atoms with Gasteiger partial charge in [0.25, 0.3) is 0 Å². The number of hydrogen-bond donors (Lipinski definition) is 1. The molecule has 121 heavy (non-hydrogen) atoms. The number of hydrogen-bond acceptors (Lipinski definition) is 20. The van der Waals surface area contributed by atoms with E-state index in [9.17, 15) is 64.1 Å². The van der Waals surface area contributed by atoms with E-state index in [0.29, 0.717) is 56.4 Å². The van der Waals surface area contributed by atoms with E-state index in [1.807, 2.05) is 130 Å². The summed E-state index contributed by atoms with van der Waals surface area (Å²) in [5.74, 6) is -2.99. The number of benzene rings is 6. The lowest BCUT2D eigenvalue weighted by Gasteiger charge is -2.60. The molecule has 9 unspecified atom stereocenters. The number of aryl methyl sites for hydroxylation is 1. The van der Waals surface area contributed by atoms with Gasteiger partial charge in [0.1, 0.15) is 51.7 Å². The Morgan fingerprint density at radius 1 is 0.562 bits per heavy atom. The number of carbonyl (C=O) groups is 7. The number of esters is 7. The molecule has 0 spiro atoms. The van der Waals surface area contributed by atoms with Crippen molar-refractivity contribution < 1.29 is 112 Å². The maximum absolute atomic E-state index is 13.3. The Kier molecular flexibility index (Phi) is 31.7. The number of phenolic OH excluding ortho intramolecular Hbond substituents is 1. The van der Waals surface area contributed by atoms with Crippen molar-refractivity contribution in [2.45, 2.75) is 290 Å². The van der Waals surface area contributed by atoms with Crippen molar-refractivity contribution in [3.63, 3.8) is 0 Å². The monoisotopic (exact) mass is 1720 g/mol. The van der Waals surface area contributed by atoms with E-state index in [4.69, 9.17) is 43.0 Å². The van der Waals surface area contributed by atoms with E-state index >= 15 is 0 Å². The van der Waals surface area contributed by atoms with Crippen LogP contribution in [0.15, 0.2) is 172 Å². The number of alkyl halides is 3. The van der Waals surface area contributed by atoms with Gasteiger partial charge in [0.2, 0.25) is 6.10 Å². The normalized spacial score (nSPS) is 23.2. The van der Waals surface area contributed by atoms with Crippen molar-refractivity contribution in [2.24, 2.45) is 50.2 Å². The smallest absolute Gasteiger partial charge is 0.426 e. The van der Waals surface area contributed by atoms with Crippen LogP contribution < -0.4 is 14.2 Å². The van der Waals surface area contributed by atoms with E-state index in [1.54, 1.807) is 50.2 Å². The van der Waals surface area contributed by atoms with Crippen molar-refractivity contribution >= 4 is 62.8 Å². The van der Waals surface area contributed by atoms with Crippen molar-refractivity contribution in [3.8, 4) is 23.0 Å². The van der Waals surface area contributed by atoms with Crippen LogP contribution in [-0.2, 0) is 95.0 Å². The van der Waals surface area contributed by atoms with E-state index in [1.165, 1.54) is 32.9 Å². The van der Waals surface area contributed by atoms with E-state index < -0.39 is 96.0 Å². The van der Waals surface area contributed by atoms with Gasteiger partial charge in [-0.1, -0.05) is 95.3 Å². The summed E-state index contributed by atoms with van der Waals surface area (Å²) in [6, 6.07) is 50.1. The van der Waals surface area contributed by atoms with Crippen LogP contribution in [0.25, 0.3) is 0 Å². The number of carbonyl (C=O) groups excluding carboxylic acids is 7. The highest BCUT2D eigenvalue weighted by Gasteiger charge is 2.66. The van der Waals surface area contributed by atoms with Crippen LogP contribution in [0.4, 0.5) is 17.6 Å². The number of fused-ring (bicyclic) bond motifs is 2. The average Bonchev–Trinajstić information content (AvgIpc) is 1.46. The third kappa shape index (κ3) is 25.7. The summed E-state index contributed by atoms with van der Waals surface area (Å²) in [5.41, 5.74) is -3.84. The zero-order valence-electron chi connectivity index (χ0n) is 73.3. The topological polar surface area (TPSA) is 280 Å². The summed E-state index contributed by atoms with van der Waals surface area (Å²) in [6.45, 7) is 36.0. The van der Waals surface area contributed by atoms with Gasteiger partial charge >= 0.3 is 48.0 Å². The van der Waals surface area contributed by atoms with Gasteiger partial charge in [-0.2, -0.15) is 13.2 Å². The average molecular weight is 1720 g/mol. The maximum Gasteiger partial charge on any atom is 0.426 e. The lowest BCUT2D eigenvalue weighted by Crippen LogP contribution is -2.61. The molecule has 0 aromatic heterocycles. The number of phenols is 1. The van der Waals surface area contributed by atoms with Crippen LogP contribution in [0.5, 0.6) is 23.0 Å². The van der Waals surface area contributed by atoms with Crippen molar-refractivity contribution in [2.75, 3.05) is 5.75 Å². The molecule has 1 N–H and O–H groups in total. The van der Waals surface area contributed by atoms with E-state index in [2.05, 4.69) is 95.7 Å². The second kappa shape index (κ2) is 39.3. The Morgan fingerprint density at radius 2 is 0.992 bits per heavy atom. The second-order valence-corrected chi connectivity index (χ2v) is 40.5. The fraction of sp³-hybridized carbons (Fsp3) is 0.547. The molecular weight excluding hydrogens is 1600 g/mol. The summed E-state index contributed by atoms with van der Waals surface area (Å²) < 4.78 is 135. The molecule has 4 saturated carbocycles. The Balaban J connectivity index is 0.000000184. The first kappa shape index (κ1) is 97.6. The predicted octanol–water partition coefficient (Wildman–Crippen LogP) is 20.1. The zero-order valence-corrected chi connectivity index (χ0v) is 74.9. The van der Waals surface area contributed by atoms with E-state index in [-0.39, 0.29) is 94.3 Å². The first-order valence-corrected chi connectivity index (χ1v) is 44.5. The first-order chi connectivity index (χ1) is 56.3. The van der Waals surface area contributed by atoms with Crippen molar-refractivity contribution in [1.82, 2.24) is 0 Å². The Bertz CT molecular complexity index is 4530. The highest BCUT2D eigenvalue weighted by molar-refractivity contribution is 7.97. The molecule has 6 aromatic carbocycles. The number of rotatable bonds is 23. The van der Waals surface area contributed by atoms with Crippen LogP contribution in [0.2, 0.25) is 0 Å². The molecule has 0 radical (unpaired) electrons.